The molecule has 3 nitrogen and oxygen atoms in total. The van der Waals surface area contributed by atoms with E-state index in [2.05, 4.69) is 16.8 Å². The summed E-state index contributed by atoms with van der Waals surface area (Å²) in [5.41, 5.74) is 6.71. The van der Waals surface area contributed by atoms with Gasteiger partial charge in [0, 0.05) is 24.7 Å². The summed E-state index contributed by atoms with van der Waals surface area (Å²) in [6.45, 7) is 5.57. The summed E-state index contributed by atoms with van der Waals surface area (Å²) in [5.74, 6) is -0.195. The van der Waals surface area contributed by atoms with Gasteiger partial charge in [-0.2, -0.15) is 0 Å². The number of benzene rings is 1. The Labute approximate surface area is 121 Å². The molecule has 20 heavy (non-hydrogen) atoms. The zero-order chi connectivity index (χ0) is 14.4. The highest BCUT2D eigenvalue weighted by atomic mass is 19.1. The van der Waals surface area contributed by atoms with Crippen molar-refractivity contribution in [1.82, 2.24) is 9.80 Å². The van der Waals surface area contributed by atoms with E-state index in [-0.39, 0.29) is 11.9 Å². The fourth-order valence-electron chi connectivity index (χ4n) is 2.72. The molecule has 0 spiro atoms. The lowest BCUT2D eigenvalue weighted by Crippen LogP contribution is -2.33. The number of nitrogens with two attached hydrogens (primary N) is 1. The molecule has 0 bridgehead atoms. The monoisotopic (exact) mass is 279 g/mol. The Balaban J connectivity index is 1.69. The average molecular weight is 279 g/mol. The van der Waals surface area contributed by atoms with Crippen molar-refractivity contribution < 1.29 is 4.39 Å². The molecule has 1 aromatic rings. The second-order valence-corrected chi connectivity index (χ2v) is 5.77. The van der Waals surface area contributed by atoms with Crippen LogP contribution in [0.4, 0.5) is 4.39 Å². The highest BCUT2D eigenvalue weighted by Crippen LogP contribution is 2.17. The molecule has 112 valence electrons. The van der Waals surface area contributed by atoms with Crippen molar-refractivity contribution in [3.8, 4) is 0 Å². The molecular weight excluding hydrogens is 253 g/mol. The van der Waals surface area contributed by atoms with Gasteiger partial charge in [-0.25, -0.2) is 4.39 Å². The lowest BCUT2D eigenvalue weighted by Gasteiger charge is -2.22. The van der Waals surface area contributed by atoms with Gasteiger partial charge in [-0.3, -0.25) is 0 Å². The molecule has 1 aromatic carbocycles. The third-order valence-corrected chi connectivity index (χ3v) is 4.12. The number of halogens is 1. The summed E-state index contributed by atoms with van der Waals surface area (Å²) in [5, 5.41) is 0. The van der Waals surface area contributed by atoms with Crippen molar-refractivity contribution in [3.05, 3.63) is 35.6 Å². The SMILES string of the molecule is CN(CCC(N)c1ccccc1F)CCN1CCCC1. The summed E-state index contributed by atoms with van der Waals surface area (Å²) < 4.78 is 13.6. The maximum absolute atomic E-state index is 13.6. The van der Waals surface area contributed by atoms with Crippen LogP contribution in [-0.2, 0) is 0 Å². The minimum Gasteiger partial charge on any atom is -0.324 e. The molecule has 1 aliphatic rings. The number of rotatable bonds is 7. The van der Waals surface area contributed by atoms with Crippen molar-refractivity contribution in [3.63, 3.8) is 0 Å². The zero-order valence-electron chi connectivity index (χ0n) is 12.4. The van der Waals surface area contributed by atoms with Crippen LogP contribution in [-0.4, -0.2) is 49.6 Å². The summed E-state index contributed by atoms with van der Waals surface area (Å²) in [7, 11) is 2.12. The second-order valence-electron chi connectivity index (χ2n) is 5.77. The molecule has 0 aromatic heterocycles. The zero-order valence-corrected chi connectivity index (χ0v) is 12.4. The molecule has 0 radical (unpaired) electrons. The maximum atomic E-state index is 13.6. The van der Waals surface area contributed by atoms with Gasteiger partial charge in [0.15, 0.2) is 0 Å². The van der Waals surface area contributed by atoms with E-state index in [0.717, 1.165) is 26.1 Å². The van der Waals surface area contributed by atoms with Crippen LogP contribution in [0.3, 0.4) is 0 Å². The van der Waals surface area contributed by atoms with Crippen LogP contribution in [0.15, 0.2) is 24.3 Å². The summed E-state index contributed by atoms with van der Waals surface area (Å²) in [4.78, 5) is 4.80. The van der Waals surface area contributed by atoms with Crippen LogP contribution in [0.25, 0.3) is 0 Å². The lowest BCUT2D eigenvalue weighted by molar-refractivity contribution is 0.251. The van der Waals surface area contributed by atoms with Crippen LogP contribution in [0.2, 0.25) is 0 Å². The van der Waals surface area contributed by atoms with Gasteiger partial charge < -0.3 is 15.5 Å². The van der Waals surface area contributed by atoms with E-state index in [4.69, 9.17) is 5.73 Å². The summed E-state index contributed by atoms with van der Waals surface area (Å²) in [6.07, 6.45) is 3.46. The van der Waals surface area contributed by atoms with Gasteiger partial charge in [0.1, 0.15) is 5.82 Å². The van der Waals surface area contributed by atoms with E-state index in [0.29, 0.717) is 5.56 Å². The molecule has 1 atom stereocenters. The number of hydrogen-bond donors (Lipinski definition) is 1. The van der Waals surface area contributed by atoms with Crippen LogP contribution in [0, 0.1) is 5.82 Å². The van der Waals surface area contributed by atoms with Crippen LogP contribution >= 0.6 is 0 Å². The highest BCUT2D eigenvalue weighted by molar-refractivity contribution is 5.20. The molecule has 1 heterocycles. The first-order chi connectivity index (χ1) is 9.66. The molecule has 2 N–H and O–H groups in total. The molecule has 1 unspecified atom stereocenters. The Hall–Kier alpha value is -0.970. The summed E-state index contributed by atoms with van der Waals surface area (Å²) in [6, 6.07) is 6.59. The lowest BCUT2D eigenvalue weighted by atomic mass is 10.0. The van der Waals surface area contributed by atoms with Gasteiger partial charge >= 0.3 is 0 Å². The fourth-order valence-corrected chi connectivity index (χ4v) is 2.72. The Kier molecular flexibility index (Phi) is 5.95. The fraction of sp³-hybridized carbons (Fsp3) is 0.625. The first-order valence-corrected chi connectivity index (χ1v) is 7.57. The second kappa shape index (κ2) is 7.72. The minimum absolute atomic E-state index is 0.195. The highest BCUT2D eigenvalue weighted by Gasteiger charge is 2.14. The average Bonchev–Trinajstić information content (AvgIpc) is 2.96. The van der Waals surface area contributed by atoms with Crippen molar-refractivity contribution in [1.29, 1.82) is 0 Å². The Morgan fingerprint density at radius 1 is 1.25 bits per heavy atom. The standard InChI is InChI=1S/C16H26FN3/c1-19(12-13-20-9-4-5-10-20)11-8-16(18)14-6-2-3-7-15(14)17/h2-3,6-7,16H,4-5,8-13,18H2,1H3. The van der Waals surface area contributed by atoms with Crippen molar-refractivity contribution in [2.75, 3.05) is 39.8 Å². The predicted molar refractivity (Wildman–Crippen MR) is 81.1 cm³/mol. The van der Waals surface area contributed by atoms with Crippen molar-refractivity contribution in [2.24, 2.45) is 5.73 Å². The Morgan fingerprint density at radius 3 is 2.65 bits per heavy atom. The van der Waals surface area contributed by atoms with E-state index < -0.39 is 0 Å². The molecular formula is C16H26FN3. The number of hydrogen-bond acceptors (Lipinski definition) is 3. The van der Waals surface area contributed by atoms with Crippen molar-refractivity contribution >= 4 is 0 Å². The Morgan fingerprint density at radius 2 is 1.95 bits per heavy atom. The van der Waals surface area contributed by atoms with E-state index in [1.807, 2.05) is 6.07 Å². The molecule has 1 saturated heterocycles. The normalized spacial score (nSPS) is 17.8. The van der Waals surface area contributed by atoms with E-state index in [9.17, 15) is 4.39 Å². The summed E-state index contributed by atoms with van der Waals surface area (Å²) >= 11 is 0. The third kappa shape index (κ3) is 4.54. The van der Waals surface area contributed by atoms with E-state index in [1.54, 1.807) is 12.1 Å². The largest absolute Gasteiger partial charge is 0.324 e. The van der Waals surface area contributed by atoms with Gasteiger partial charge in [0.25, 0.3) is 0 Å². The molecule has 0 saturated carbocycles. The quantitative estimate of drug-likeness (QED) is 0.831. The van der Waals surface area contributed by atoms with E-state index >= 15 is 0 Å². The topological polar surface area (TPSA) is 32.5 Å². The van der Waals surface area contributed by atoms with Crippen LogP contribution in [0.1, 0.15) is 30.9 Å². The molecule has 0 amide bonds. The molecule has 2 rings (SSSR count). The van der Waals surface area contributed by atoms with Crippen LogP contribution < -0.4 is 5.73 Å². The Bertz CT molecular complexity index is 404. The maximum Gasteiger partial charge on any atom is 0.127 e. The molecule has 1 aliphatic heterocycles. The predicted octanol–water partition coefficient (Wildman–Crippen LogP) is 2.24. The number of likely N-dealkylation sites (N-methyl/N-ethyl adjacent to an activating group) is 1. The number of nitrogens with zero attached hydrogens (tertiary/aromatic N) is 2. The smallest absolute Gasteiger partial charge is 0.127 e. The van der Waals surface area contributed by atoms with Gasteiger partial charge in [-0.15, -0.1) is 0 Å². The van der Waals surface area contributed by atoms with Gasteiger partial charge in [-0.1, -0.05) is 18.2 Å². The third-order valence-electron chi connectivity index (χ3n) is 4.12. The number of likely N-dealkylation sites (tertiary alicyclic amines) is 1. The van der Waals surface area contributed by atoms with Gasteiger partial charge in [0.05, 0.1) is 0 Å². The minimum atomic E-state index is -0.217. The molecule has 1 fully saturated rings. The van der Waals surface area contributed by atoms with Crippen molar-refractivity contribution in [2.45, 2.75) is 25.3 Å². The van der Waals surface area contributed by atoms with E-state index in [1.165, 1.54) is 32.0 Å². The first-order valence-electron chi connectivity index (χ1n) is 7.57. The molecule has 4 heteroatoms. The van der Waals surface area contributed by atoms with Crippen LogP contribution in [0.5, 0.6) is 0 Å². The molecule has 0 aliphatic carbocycles. The first kappa shape index (κ1) is 15.4. The van der Waals surface area contributed by atoms with Gasteiger partial charge in [-0.05, 0) is 52.0 Å². The van der Waals surface area contributed by atoms with Gasteiger partial charge in [0.2, 0.25) is 0 Å².